The van der Waals surface area contributed by atoms with E-state index in [1.165, 1.54) is 7.11 Å². The number of methoxy groups -OCH3 is 1. The van der Waals surface area contributed by atoms with Gasteiger partial charge in [0, 0.05) is 47.2 Å². The molecule has 14 heteroatoms. The van der Waals surface area contributed by atoms with E-state index in [-0.39, 0.29) is 29.9 Å². The summed E-state index contributed by atoms with van der Waals surface area (Å²) in [5.41, 5.74) is 27.1. The zero-order valence-corrected chi connectivity index (χ0v) is 37.4. The van der Waals surface area contributed by atoms with E-state index >= 15 is 0 Å². The van der Waals surface area contributed by atoms with Crippen LogP contribution in [-0.4, -0.2) is 47.7 Å². The van der Waals surface area contributed by atoms with E-state index in [0.717, 1.165) is 50.3 Å². The topological polar surface area (TPSA) is 234 Å². The molecule has 0 heterocycles. The summed E-state index contributed by atoms with van der Waals surface area (Å²) < 4.78 is 4.99. The highest BCUT2D eigenvalue weighted by Crippen LogP contribution is 2.22. The lowest BCUT2D eigenvalue weighted by Gasteiger charge is -2.23. The smallest absolute Gasteiger partial charge is 0.311 e. The van der Waals surface area contributed by atoms with Crippen molar-refractivity contribution in [1.82, 2.24) is 10.6 Å². The van der Waals surface area contributed by atoms with Crippen LogP contribution in [0.15, 0.2) is 146 Å². The molecule has 2 atom stereocenters. The monoisotopic (exact) mass is 889 g/mol. The average Bonchev–Trinajstić information content (AvgIpc) is 3.30. The maximum Gasteiger partial charge on any atom is 0.311 e. The summed E-state index contributed by atoms with van der Waals surface area (Å²) in [4.78, 5) is 37.7. The lowest BCUT2D eigenvalue weighted by Crippen LogP contribution is -2.42. The first-order valence-corrected chi connectivity index (χ1v) is 21.3. The van der Waals surface area contributed by atoms with E-state index < -0.39 is 17.9 Å². The number of amides is 2. The van der Waals surface area contributed by atoms with Gasteiger partial charge < -0.3 is 43.2 Å². The van der Waals surface area contributed by atoms with E-state index in [2.05, 4.69) is 21.3 Å². The first-order valence-electron chi connectivity index (χ1n) is 20.9. The minimum Gasteiger partial charge on any atom is -0.469 e. The van der Waals surface area contributed by atoms with E-state index in [4.69, 9.17) is 45.0 Å². The van der Waals surface area contributed by atoms with Crippen LogP contribution in [0.25, 0.3) is 11.1 Å². The van der Waals surface area contributed by atoms with Crippen LogP contribution in [0.1, 0.15) is 56.2 Å². The van der Waals surface area contributed by atoms with Gasteiger partial charge in [-0.1, -0.05) is 97.1 Å². The van der Waals surface area contributed by atoms with Crippen LogP contribution in [0.5, 0.6) is 0 Å². The quantitative estimate of drug-likeness (QED) is 0.0205. The molecule has 0 aliphatic rings. The molecule has 0 aliphatic carbocycles. The lowest BCUT2D eigenvalue weighted by molar-refractivity contribution is -0.146. The number of anilines is 2. The van der Waals surface area contributed by atoms with Crippen molar-refractivity contribution in [3.8, 4) is 11.1 Å². The van der Waals surface area contributed by atoms with Crippen molar-refractivity contribution in [2.75, 3.05) is 17.7 Å². The second kappa shape index (κ2) is 23.7. The Morgan fingerprint density at radius 1 is 0.662 bits per heavy atom. The summed E-state index contributed by atoms with van der Waals surface area (Å²) in [6.45, 7) is 4.68. The van der Waals surface area contributed by atoms with Crippen LogP contribution in [-0.2, 0) is 40.3 Å². The minimum atomic E-state index is -0.602. The van der Waals surface area contributed by atoms with E-state index in [9.17, 15) is 14.4 Å². The van der Waals surface area contributed by atoms with Crippen LogP contribution in [0, 0.1) is 23.7 Å². The van der Waals surface area contributed by atoms with Crippen LogP contribution >= 0.6 is 12.2 Å². The third-order valence-electron chi connectivity index (χ3n) is 10.4. The van der Waals surface area contributed by atoms with E-state index in [0.29, 0.717) is 41.3 Å². The number of rotatable bonds is 16. The summed E-state index contributed by atoms with van der Waals surface area (Å²) >= 11 is 5.39. The molecule has 6 aromatic carbocycles. The second-order valence-electron chi connectivity index (χ2n) is 15.4. The predicted octanol–water partition coefficient (Wildman–Crippen LogP) is 7.19. The first-order chi connectivity index (χ1) is 31.2. The zero-order chi connectivity index (χ0) is 46.9. The molecule has 12 N–H and O–H groups in total. The Hall–Kier alpha value is -7.68. The van der Waals surface area contributed by atoms with Gasteiger partial charge in [-0.2, -0.15) is 0 Å². The van der Waals surface area contributed by atoms with Gasteiger partial charge in [0.25, 0.3) is 5.91 Å². The number of benzene rings is 6. The van der Waals surface area contributed by atoms with Crippen LogP contribution in [0.2, 0.25) is 0 Å². The Balaban J connectivity index is 0.000000245. The van der Waals surface area contributed by atoms with Crippen molar-refractivity contribution in [2.24, 2.45) is 23.1 Å². The number of aryl methyl sites for hydroxylation is 1. The molecule has 13 nitrogen and oxygen atoms in total. The van der Waals surface area contributed by atoms with Gasteiger partial charge in [-0.15, -0.1) is 0 Å². The number of carbonyl (C=O) groups is 3. The van der Waals surface area contributed by atoms with Crippen molar-refractivity contribution < 1.29 is 19.1 Å². The van der Waals surface area contributed by atoms with Gasteiger partial charge in [-0.25, -0.2) is 0 Å². The summed E-state index contributed by atoms with van der Waals surface area (Å²) in [5.74, 6) is -1.39. The molecule has 6 aromatic rings. The summed E-state index contributed by atoms with van der Waals surface area (Å²) in [7, 11) is 1.33. The molecule has 2 unspecified atom stereocenters. The van der Waals surface area contributed by atoms with Gasteiger partial charge in [0.15, 0.2) is 5.11 Å². The predicted molar refractivity (Wildman–Crippen MR) is 264 cm³/mol. The normalized spacial score (nSPS) is 11.4. The molecule has 0 saturated heterocycles. The average molecular weight is 890 g/mol. The lowest BCUT2D eigenvalue weighted by atomic mass is 9.92. The Labute approximate surface area is 385 Å². The summed E-state index contributed by atoms with van der Waals surface area (Å²) in [6.07, 6.45) is 0.602. The number of nitrogen functional groups attached to an aromatic ring is 2. The summed E-state index contributed by atoms with van der Waals surface area (Å²) in [6, 6.07) is 44.7. The highest BCUT2D eigenvalue weighted by Gasteiger charge is 2.28. The van der Waals surface area contributed by atoms with Crippen LogP contribution in [0.4, 0.5) is 11.4 Å². The molecule has 0 fully saturated rings. The number of amidine groups is 2. The first kappa shape index (κ1) is 48.4. The fourth-order valence-electron chi connectivity index (χ4n) is 6.84. The number of esters is 1. The maximum atomic E-state index is 12.9. The molecule has 0 aliphatic heterocycles. The summed E-state index contributed by atoms with van der Waals surface area (Å²) in [5, 5.41) is 27.7. The molecule has 0 bridgehead atoms. The number of nitrogens with one attached hydrogen (secondary N) is 6. The molecule has 334 valence electrons. The van der Waals surface area contributed by atoms with Gasteiger partial charge in [0.1, 0.15) is 11.7 Å². The van der Waals surface area contributed by atoms with Gasteiger partial charge in [-0.05, 0) is 120 Å². The molecular formula is C51H55N9O4S. The van der Waals surface area contributed by atoms with Crippen molar-refractivity contribution in [2.45, 2.75) is 45.8 Å². The van der Waals surface area contributed by atoms with Crippen molar-refractivity contribution >= 4 is 58.2 Å². The van der Waals surface area contributed by atoms with E-state index in [1.54, 1.807) is 49.4 Å². The Bertz CT molecular complexity index is 2630. The van der Waals surface area contributed by atoms with Gasteiger partial charge in [0.05, 0.1) is 19.4 Å². The fraction of sp³-hybridized carbons (Fsp3) is 0.176. The number of ether oxygens (including phenoxy) is 1. The van der Waals surface area contributed by atoms with Gasteiger partial charge >= 0.3 is 5.97 Å². The van der Waals surface area contributed by atoms with Crippen molar-refractivity contribution in [3.05, 3.63) is 190 Å². The Morgan fingerprint density at radius 3 is 1.91 bits per heavy atom. The zero-order valence-electron chi connectivity index (χ0n) is 36.6. The SMILES string of the molecule is COC(=O)C(Cc1cccc(C(=N)N)c1)C(C)NC(=O)c1ccc(-c2cccc(CN)c2)cc1.Cc1cccc(NC(=S)Nc2cccc(CC(=O)NCc3ccc(C(=N)N)cc3)c2)c1. The number of thiocarbonyl (C=S) groups is 1. The van der Waals surface area contributed by atoms with E-state index in [1.807, 2.05) is 110 Å². The molecule has 0 saturated carbocycles. The van der Waals surface area contributed by atoms with Crippen LogP contribution < -0.4 is 38.5 Å². The van der Waals surface area contributed by atoms with Gasteiger partial charge in [-0.3, -0.25) is 25.2 Å². The fourth-order valence-corrected chi connectivity index (χ4v) is 7.08. The molecule has 0 aromatic heterocycles. The van der Waals surface area contributed by atoms with Crippen molar-refractivity contribution in [1.29, 1.82) is 10.8 Å². The largest absolute Gasteiger partial charge is 0.469 e. The molecular weight excluding hydrogens is 835 g/mol. The third kappa shape index (κ3) is 15.0. The number of hydrogen-bond donors (Lipinski definition) is 9. The molecule has 0 radical (unpaired) electrons. The van der Waals surface area contributed by atoms with Gasteiger partial charge in [0.2, 0.25) is 5.91 Å². The molecule has 6 rings (SSSR count). The Kier molecular flexibility index (Phi) is 17.6. The third-order valence-corrected chi connectivity index (χ3v) is 10.6. The second-order valence-corrected chi connectivity index (χ2v) is 15.8. The maximum absolute atomic E-state index is 12.9. The standard InChI is InChI=1S/C27H30N4O3.C24H25N5OS/c1-17(24(27(33)34-2)15-18-5-3-8-23(13-18)25(29)30)31-26(32)21-11-9-20(10-12-21)22-7-4-6-19(14-22)16-28;1-16-4-2-6-20(12-16)28-24(31)29-21-7-3-5-18(13-21)14-22(30)27-15-17-8-10-19(11-9-17)23(25)26/h3-14,17,24H,15-16,28H2,1-2H3,(H3,29,30)(H,31,32);2-13H,14-15H2,1H3,(H3,25,26)(H,27,30)(H2,28,29,31). The van der Waals surface area contributed by atoms with Crippen LogP contribution in [0.3, 0.4) is 0 Å². The molecule has 2 amide bonds. The minimum absolute atomic E-state index is 0.0256. The Morgan fingerprint density at radius 2 is 1.26 bits per heavy atom. The number of nitrogens with two attached hydrogens (primary N) is 3. The highest BCUT2D eigenvalue weighted by atomic mass is 32.1. The number of carbonyl (C=O) groups excluding carboxylic acids is 3. The van der Waals surface area contributed by atoms with Crippen molar-refractivity contribution in [3.63, 3.8) is 0 Å². The molecule has 0 spiro atoms. The highest BCUT2D eigenvalue weighted by molar-refractivity contribution is 7.80. The number of hydrogen-bond acceptors (Lipinski definition) is 8. The molecule has 65 heavy (non-hydrogen) atoms.